The number of hydrogen-bond donors (Lipinski definition) is 1. The van der Waals surface area contributed by atoms with Gasteiger partial charge >= 0.3 is 0 Å². The summed E-state index contributed by atoms with van der Waals surface area (Å²) in [6, 6.07) is 28.1. The Hall–Kier alpha value is -4.12. The molecule has 0 spiro atoms. The van der Waals surface area contributed by atoms with Crippen molar-refractivity contribution < 1.29 is 14.8 Å². The molecule has 0 aromatic heterocycles. The van der Waals surface area contributed by atoms with E-state index in [0.717, 1.165) is 23.3 Å². The van der Waals surface area contributed by atoms with Crippen molar-refractivity contribution in [2.75, 3.05) is 0 Å². The van der Waals surface area contributed by atoms with E-state index >= 15 is 0 Å². The minimum absolute atomic E-state index is 0.0329. The Morgan fingerprint density at radius 1 is 0.912 bits per heavy atom. The lowest BCUT2D eigenvalue weighted by atomic mass is 9.89. The molecule has 1 unspecified atom stereocenters. The zero-order valence-electron chi connectivity index (χ0n) is 19.3. The normalized spacial score (nSPS) is 11.7. The summed E-state index contributed by atoms with van der Waals surface area (Å²) in [5, 5.41) is 20.7. The SMILES string of the molecule is Cc1cc(O)ccc1CC(C)c1ccc(Oc2ccc([N+](=O)[O-])cc2)c(Cc2ccccc2)c1. The van der Waals surface area contributed by atoms with Crippen LogP contribution in [0.4, 0.5) is 5.69 Å². The van der Waals surface area contributed by atoms with Gasteiger partial charge in [-0.25, -0.2) is 0 Å². The summed E-state index contributed by atoms with van der Waals surface area (Å²) in [6.45, 7) is 4.22. The second kappa shape index (κ2) is 10.2. The highest BCUT2D eigenvalue weighted by Gasteiger charge is 2.14. The maximum atomic E-state index is 11.0. The van der Waals surface area contributed by atoms with Crippen LogP contribution in [0.5, 0.6) is 17.2 Å². The highest BCUT2D eigenvalue weighted by molar-refractivity contribution is 5.46. The number of phenols is 1. The molecule has 0 amide bonds. The van der Waals surface area contributed by atoms with Crippen LogP contribution in [0.3, 0.4) is 0 Å². The van der Waals surface area contributed by atoms with E-state index in [9.17, 15) is 15.2 Å². The van der Waals surface area contributed by atoms with Gasteiger partial charge in [0.1, 0.15) is 17.2 Å². The van der Waals surface area contributed by atoms with Crippen LogP contribution in [0.25, 0.3) is 0 Å². The number of nitro benzene ring substituents is 1. The molecule has 4 aromatic carbocycles. The summed E-state index contributed by atoms with van der Waals surface area (Å²) in [5.74, 6) is 1.84. The van der Waals surface area contributed by atoms with Crippen molar-refractivity contribution in [2.24, 2.45) is 0 Å². The summed E-state index contributed by atoms with van der Waals surface area (Å²) >= 11 is 0. The molecule has 0 saturated carbocycles. The molecule has 4 aromatic rings. The van der Waals surface area contributed by atoms with Crippen LogP contribution in [0, 0.1) is 17.0 Å². The van der Waals surface area contributed by atoms with Crippen LogP contribution in [-0.4, -0.2) is 10.0 Å². The fraction of sp³-hybridized carbons (Fsp3) is 0.172. The average molecular weight is 454 g/mol. The zero-order valence-corrected chi connectivity index (χ0v) is 19.3. The van der Waals surface area contributed by atoms with E-state index in [1.54, 1.807) is 24.3 Å². The highest BCUT2D eigenvalue weighted by atomic mass is 16.6. The zero-order chi connectivity index (χ0) is 24.1. The summed E-state index contributed by atoms with van der Waals surface area (Å²) in [5.41, 5.74) is 5.75. The lowest BCUT2D eigenvalue weighted by Crippen LogP contribution is -2.02. The third kappa shape index (κ3) is 5.62. The van der Waals surface area contributed by atoms with Gasteiger partial charge < -0.3 is 9.84 Å². The van der Waals surface area contributed by atoms with E-state index in [1.807, 2.05) is 37.3 Å². The topological polar surface area (TPSA) is 72.6 Å². The van der Waals surface area contributed by atoms with Crippen LogP contribution in [0.15, 0.2) is 91.0 Å². The third-order valence-corrected chi connectivity index (χ3v) is 6.02. The fourth-order valence-electron chi connectivity index (χ4n) is 4.08. The molecule has 4 rings (SSSR count). The molecule has 0 radical (unpaired) electrons. The molecule has 0 aliphatic carbocycles. The summed E-state index contributed by atoms with van der Waals surface area (Å²) in [4.78, 5) is 10.5. The number of nitro groups is 1. The molecule has 0 aliphatic rings. The summed E-state index contributed by atoms with van der Waals surface area (Å²) in [6.07, 6.45) is 1.57. The molecule has 0 bridgehead atoms. The summed E-state index contributed by atoms with van der Waals surface area (Å²) < 4.78 is 6.15. The molecule has 34 heavy (non-hydrogen) atoms. The van der Waals surface area contributed by atoms with E-state index < -0.39 is 4.92 Å². The number of benzene rings is 4. The number of hydrogen-bond acceptors (Lipinski definition) is 4. The number of phenolic OH excluding ortho intramolecular Hbond substituents is 1. The minimum Gasteiger partial charge on any atom is -0.508 e. The van der Waals surface area contributed by atoms with Crippen LogP contribution in [0.1, 0.15) is 40.7 Å². The van der Waals surface area contributed by atoms with Gasteiger partial charge in [0, 0.05) is 18.6 Å². The van der Waals surface area contributed by atoms with Crippen LogP contribution in [0.2, 0.25) is 0 Å². The lowest BCUT2D eigenvalue weighted by Gasteiger charge is -2.18. The van der Waals surface area contributed by atoms with Gasteiger partial charge in [0.05, 0.1) is 4.92 Å². The number of non-ortho nitro benzene ring substituents is 1. The molecule has 1 atom stereocenters. The number of aryl methyl sites for hydroxylation is 1. The van der Waals surface area contributed by atoms with Crippen LogP contribution in [-0.2, 0) is 12.8 Å². The van der Waals surface area contributed by atoms with Gasteiger partial charge in [0.2, 0.25) is 0 Å². The molecule has 0 saturated heterocycles. The number of nitrogens with zero attached hydrogens (tertiary/aromatic N) is 1. The van der Waals surface area contributed by atoms with Crippen molar-refractivity contribution in [1.82, 2.24) is 0 Å². The number of ether oxygens (including phenoxy) is 1. The predicted molar refractivity (Wildman–Crippen MR) is 134 cm³/mol. The predicted octanol–water partition coefficient (Wildman–Crippen LogP) is 7.34. The van der Waals surface area contributed by atoms with Crippen molar-refractivity contribution in [3.05, 3.63) is 129 Å². The van der Waals surface area contributed by atoms with Crippen molar-refractivity contribution in [1.29, 1.82) is 0 Å². The first-order valence-electron chi connectivity index (χ1n) is 11.3. The van der Waals surface area contributed by atoms with E-state index in [0.29, 0.717) is 12.2 Å². The first-order valence-corrected chi connectivity index (χ1v) is 11.3. The fourth-order valence-corrected chi connectivity index (χ4v) is 4.08. The first-order chi connectivity index (χ1) is 16.4. The smallest absolute Gasteiger partial charge is 0.269 e. The van der Waals surface area contributed by atoms with E-state index in [-0.39, 0.29) is 17.4 Å². The van der Waals surface area contributed by atoms with Crippen molar-refractivity contribution in [2.45, 2.75) is 32.6 Å². The Bertz CT molecular complexity index is 1280. The average Bonchev–Trinajstić information content (AvgIpc) is 2.83. The minimum atomic E-state index is -0.420. The Balaban J connectivity index is 1.62. The molecule has 172 valence electrons. The van der Waals surface area contributed by atoms with Crippen molar-refractivity contribution in [3.8, 4) is 17.2 Å². The molecule has 5 nitrogen and oxygen atoms in total. The molecule has 0 aliphatic heterocycles. The Morgan fingerprint density at radius 2 is 1.65 bits per heavy atom. The standard InChI is InChI=1S/C29H27NO4/c1-20(16-23-8-12-27(31)17-21(23)2)24-9-15-29(25(19-24)18-22-6-4-3-5-7-22)34-28-13-10-26(11-14-28)30(32)33/h3-15,17,19-20,31H,16,18H2,1-2H3. The molecule has 1 N–H and O–H groups in total. The second-order valence-corrected chi connectivity index (χ2v) is 8.60. The monoisotopic (exact) mass is 453 g/mol. The van der Waals surface area contributed by atoms with E-state index in [1.165, 1.54) is 28.8 Å². The van der Waals surface area contributed by atoms with Gasteiger partial charge in [-0.2, -0.15) is 0 Å². The van der Waals surface area contributed by atoms with Crippen molar-refractivity contribution in [3.63, 3.8) is 0 Å². The van der Waals surface area contributed by atoms with E-state index in [2.05, 4.69) is 31.2 Å². The van der Waals surface area contributed by atoms with Gasteiger partial charge in [-0.3, -0.25) is 10.1 Å². The maximum Gasteiger partial charge on any atom is 0.269 e. The first kappa shape index (κ1) is 23.1. The molecule has 0 heterocycles. The lowest BCUT2D eigenvalue weighted by molar-refractivity contribution is -0.384. The van der Waals surface area contributed by atoms with Gasteiger partial charge in [-0.05, 0) is 77.4 Å². The number of aromatic hydroxyl groups is 1. The Morgan fingerprint density at radius 3 is 2.32 bits per heavy atom. The molecular weight excluding hydrogens is 426 g/mol. The number of rotatable bonds is 8. The molecular formula is C29H27NO4. The largest absolute Gasteiger partial charge is 0.508 e. The summed E-state index contributed by atoms with van der Waals surface area (Å²) in [7, 11) is 0. The van der Waals surface area contributed by atoms with Crippen LogP contribution < -0.4 is 4.74 Å². The van der Waals surface area contributed by atoms with Gasteiger partial charge in [0.15, 0.2) is 0 Å². The molecule has 0 fully saturated rings. The maximum absolute atomic E-state index is 11.0. The van der Waals surface area contributed by atoms with E-state index in [4.69, 9.17) is 4.74 Å². The van der Waals surface area contributed by atoms with Gasteiger partial charge in [-0.15, -0.1) is 0 Å². The van der Waals surface area contributed by atoms with Crippen molar-refractivity contribution >= 4 is 5.69 Å². The third-order valence-electron chi connectivity index (χ3n) is 6.02. The van der Waals surface area contributed by atoms with Gasteiger partial charge in [-0.1, -0.05) is 55.5 Å². The van der Waals surface area contributed by atoms with Gasteiger partial charge in [0.25, 0.3) is 5.69 Å². The highest BCUT2D eigenvalue weighted by Crippen LogP contribution is 2.32. The second-order valence-electron chi connectivity index (χ2n) is 8.60. The molecule has 5 heteroatoms. The Labute approximate surface area is 199 Å². The van der Waals surface area contributed by atoms with Crippen LogP contribution >= 0.6 is 0 Å². The Kier molecular flexibility index (Phi) is 6.93. The quantitative estimate of drug-likeness (QED) is 0.224.